The molecule has 0 aliphatic rings. The van der Waals surface area contributed by atoms with Gasteiger partial charge in [0.25, 0.3) is 0 Å². The standard InChI is InChI=1S/C15H20N2O4/c1-3-19-15-6-11(8-16)4-5-14(15)20-9-12-7-13(10-18-2)21-17-12/h4-7H,3,8-10,16H2,1-2H3. The number of nitrogens with two attached hydrogens (primary N) is 1. The first-order chi connectivity index (χ1) is 10.3. The predicted molar refractivity (Wildman–Crippen MR) is 77.1 cm³/mol. The molecule has 114 valence electrons. The topological polar surface area (TPSA) is 79.7 Å². The SMILES string of the molecule is CCOc1cc(CN)ccc1OCc1cc(COC)on1. The van der Waals surface area contributed by atoms with Crippen molar-refractivity contribution < 1.29 is 18.7 Å². The third-order valence-corrected chi connectivity index (χ3v) is 2.81. The second-order valence-electron chi connectivity index (χ2n) is 4.42. The molecule has 0 bridgehead atoms. The van der Waals surface area contributed by atoms with Gasteiger partial charge in [-0.2, -0.15) is 0 Å². The van der Waals surface area contributed by atoms with Gasteiger partial charge in [0.2, 0.25) is 0 Å². The molecule has 6 heteroatoms. The Balaban J connectivity index is 2.04. The Kier molecular flexibility index (Phi) is 5.59. The third-order valence-electron chi connectivity index (χ3n) is 2.81. The van der Waals surface area contributed by atoms with E-state index in [-0.39, 0.29) is 0 Å². The Bertz CT molecular complexity index is 569. The van der Waals surface area contributed by atoms with Crippen molar-refractivity contribution in [2.75, 3.05) is 13.7 Å². The van der Waals surface area contributed by atoms with E-state index in [0.717, 1.165) is 5.56 Å². The van der Waals surface area contributed by atoms with Crippen LogP contribution >= 0.6 is 0 Å². The Morgan fingerprint density at radius 1 is 1.14 bits per heavy atom. The van der Waals surface area contributed by atoms with Crippen LogP contribution in [-0.2, 0) is 24.5 Å². The largest absolute Gasteiger partial charge is 0.490 e. The number of hydrogen-bond acceptors (Lipinski definition) is 6. The highest BCUT2D eigenvalue weighted by Crippen LogP contribution is 2.29. The Hall–Kier alpha value is -2.05. The van der Waals surface area contributed by atoms with E-state index in [4.69, 9.17) is 24.5 Å². The van der Waals surface area contributed by atoms with Gasteiger partial charge in [-0.05, 0) is 24.6 Å². The van der Waals surface area contributed by atoms with Crippen LogP contribution in [0.1, 0.15) is 23.9 Å². The van der Waals surface area contributed by atoms with Gasteiger partial charge in [0.1, 0.15) is 18.9 Å². The Morgan fingerprint density at radius 3 is 2.71 bits per heavy atom. The average Bonchev–Trinajstić information content (AvgIpc) is 2.94. The monoisotopic (exact) mass is 292 g/mol. The molecule has 0 radical (unpaired) electrons. The summed E-state index contributed by atoms with van der Waals surface area (Å²) < 4.78 is 21.4. The molecule has 1 aromatic heterocycles. The van der Waals surface area contributed by atoms with Crippen molar-refractivity contribution in [1.82, 2.24) is 5.16 Å². The van der Waals surface area contributed by atoms with Crippen LogP contribution in [0.5, 0.6) is 11.5 Å². The lowest BCUT2D eigenvalue weighted by atomic mass is 10.2. The van der Waals surface area contributed by atoms with Gasteiger partial charge in [-0.25, -0.2) is 0 Å². The highest BCUT2D eigenvalue weighted by atomic mass is 16.5. The fraction of sp³-hybridized carbons (Fsp3) is 0.400. The van der Waals surface area contributed by atoms with E-state index < -0.39 is 0 Å². The maximum Gasteiger partial charge on any atom is 0.162 e. The van der Waals surface area contributed by atoms with Gasteiger partial charge in [-0.15, -0.1) is 0 Å². The summed E-state index contributed by atoms with van der Waals surface area (Å²) in [7, 11) is 1.60. The van der Waals surface area contributed by atoms with E-state index >= 15 is 0 Å². The summed E-state index contributed by atoms with van der Waals surface area (Å²) in [6, 6.07) is 7.45. The fourth-order valence-electron chi connectivity index (χ4n) is 1.85. The molecule has 0 aliphatic carbocycles. The van der Waals surface area contributed by atoms with E-state index in [9.17, 15) is 0 Å². The van der Waals surface area contributed by atoms with Crippen molar-refractivity contribution in [1.29, 1.82) is 0 Å². The first-order valence-corrected chi connectivity index (χ1v) is 6.78. The van der Waals surface area contributed by atoms with Gasteiger partial charge in [-0.1, -0.05) is 11.2 Å². The van der Waals surface area contributed by atoms with Crippen LogP contribution in [-0.4, -0.2) is 18.9 Å². The van der Waals surface area contributed by atoms with Gasteiger partial charge in [-0.3, -0.25) is 0 Å². The molecule has 21 heavy (non-hydrogen) atoms. The van der Waals surface area contributed by atoms with Gasteiger partial charge in [0.15, 0.2) is 17.3 Å². The minimum atomic E-state index is 0.301. The lowest BCUT2D eigenvalue weighted by molar-refractivity contribution is 0.155. The molecule has 1 heterocycles. The zero-order valence-corrected chi connectivity index (χ0v) is 12.3. The number of nitrogens with zero attached hydrogens (tertiary/aromatic N) is 1. The molecule has 2 N–H and O–H groups in total. The predicted octanol–water partition coefficient (Wildman–Crippen LogP) is 2.26. The zero-order chi connectivity index (χ0) is 15.1. The van der Waals surface area contributed by atoms with Crippen LogP contribution in [0.25, 0.3) is 0 Å². The van der Waals surface area contributed by atoms with Gasteiger partial charge in [0.05, 0.1) is 6.61 Å². The zero-order valence-electron chi connectivity index (χ0n) is 12.3. The summed E-state index contributed by atoms with van der Waals surface area (Å²) in [4.78, 5) is 0. The molecule has 1 aromatic carbocycles. The van der Waals surface area contributed by atoms with E-state index in [1.54, 1.807) is 13.2 Å². The molecule has 0 aliphatic heterocycles. The Labute approximate surface area is 123 Å². The summed E-state index contributed by atoms with van der Waals surface area (Å²) in [6.45, 7) is 3.64. The van der Waals surface area contributed by atoms with Crippen LogP contribution < -0.4 is 15.2 Å². The highest BCUT2D eigenvalue weighted by Gasteiger charge is 2.09. The summed E-state index contributed by atoms with van der Waals surface area (Å²) in [6.07, 6.45) is 0. The smallest absolute Gasteiger partial charge is 0.162 e. The van der Waals surface area contributed by atoms with Gasteiger partial charge < -0.3 is 24.5 Å². The molecule has 0 saturated carbocycles. The number of ether oxygens (including phenoxy) is 3. The molecule has 0 unspecified atom stereocenters. The molecular weight excluding hydrogens is 272 g/mol. The number of rotatable bonds is 8. The van der Waals surface area contributed by atoms with E-state index in [1.807, 2.05) is 25.1 Å². The van der Waals surface area contributed by atoms with Crippen LogP contribution in [0.2, 0.25) is 0 Å². The molecule has 6 nitrogen and oxygen atoms in total. The normalized spacial score (nSPS) is 10.6. The summed E-state index contributed by atoms with van der Waals surface area (Å²) in [5.41, 5.74) is 7.33. The second-order valence-corrected chi connectivity index (χ2v) is 4.42. The lowest BCUT2D eigenvalue weighted by Gasteiger charge is -2.12. The minimum Gasteiger partial charge on any atom is -0.490 e. The first-order valence-electron chi connectivity index (χ1n) is 6.78. The van der Waals surface area contributed by atoms with Crippen molar-refractivity contribution in [2.45, 2.75) is 26.7 Å². The molecule has 0 spiro atoms. The first kappa shape index (κ1) is 15.3. The van der Waals surface area contributed by atoms with Gasteiger partial charge >= 0.3 is 0 Å². The van der Waals surface area contributed by atoms with Crippen molar-refractivity contribution in [3.05, 3.63) is 41.3 Å². The molecule has 2 aromatic rings. The molecule has 0 amide bonds. The number of methoxy groups -OCH3 is 1. The highest BCUT2D eigenvalue weighted by molar-refractivity contribution is 5.43. The minimum absolute atomic E-state index is 0.301. The van der Waals surface area contributed by atoms with Crippen molar-refractivity contribution in [3.8, 4) is 11.5 Å². The summed E-state index contributed by atoms with van der Waals surface area (Å²) in [5.74, 6) is 2.01. The van der Waals surface area contributed by atoms with E-state index in [0.29, 0.717) is 49.3 Å². The summed E-state index contributed by atoms with van der Waals surface area (Å²) in [5, 5.41) is 3.92. The number of benzene rings is 1. The molecule has 0 fully saturated rings. The maximum atomic E-state index is 5.74. The average molecular weight is 292 g/mol. The van der Waals surface area contributed by atoms with E-state index in [2.05, 4.69) is 5.16 Å². The fourth-order valence-corrected chi connectivity index (χ4v) is 1.85. The van der Waals surface area contributed by atoms with Crippen molar-refractivity contribution in [3.63, 3.8) is 0 Å². The molecule has 0 atom stereocenters. The molecular formula is C15H20N2O4. The van der Waals surface area contributed by atoms with E-state index in [1.165, 1.54) is 0 Å². The Morgan fingerprint density at radius 2 is 2.00 bits per heavy atom. The third kappa shape index (κ3) is 4.21. The van der Waals surface area contributed by atoms with Crippen LogP contribution in [0.3, 0.4) is 0 Å². The maximum absolute atomic E-state index is 5.74. The van der Waals surface area contributed by atoms with Crippen LogP contribution in [0.15, 0.2) is 28.8 Å². The van der Waals surface area contributed by atoms with Crippen molar-refractivity contribution >= 4 is 0 Å². The van der Waals surface area contributed by atoms with Crippen LogP contribution in [0, 0.1) is 0 Å². The second kappa shape index (κ2) is 7.66. The summed E-state index contributed by atoms with van der Waals surface area (Å²) >= 11 is 0. The lowest BCUT2D eigenvalue weighted by Crippen LogP contribution is -2.02. The number of hydrogen-bond donors (Lipinski definition) is 1. The van der Waals surface area contributed by atoms with Gasteiger partial charge in [0, 0.05) is 19.7 Å². The molecule has 2 rings (SSSR count). The number of aromatic nitrogens is 1. The quantitative estimate of drug-likeness (QED) is 0.804. The van der Waals surface area contributed by atoms with Crippen LogP contribution in [0.4, 0.5) is 0 Å². The molecule has 0 saturated heterocycles. The van der Waals surface area contributed by atoms with Crippen molar-refractivity contribution in [2.24, 2.45) is 5.73 Å².